The van der Waals surface area contributed by atoms with E-state index in [9.17, 15) is 8.78 Å². The van der Waals surface area contributed by atoms with Gasteiger partial charge < -0.3 is 0 Å². The van der Waals surface area contributed by atoms with Crippen LogP contribution in [0.25, 0.3) is 0 Å². The first kappa shape index (κ1) is 19.9. The van der Waals surface area contributed by atoms with Crippen molar-refractivity contribution in [3.63, 3.8) is 0 Å². The zero-order valence-electron chi connectivity index (χ0n) is 14.8. The second kappa shape index (κ2) is 8.34. The highest BCUT2D eigenvalue weighted by molar-refractivity contribution is 4.80. The molecule has 0 aliphatic carbocycles. The minimum atomic E-state index is -1.02. The van der Waals surface area contributed by atoms with Crippen LogP contribution in [-0.2, 0) is 0 Å². The quantitative estimate of drug-likeness (QED) is 0.458. The lowest BCUT2D eigenvalue weighted by atomic mass is 9.69. The molecule has 0 fully saturated rings. The molecule has 122 valence electrons. The summed E-state index contributed by atoms with van der Waals surface area (Å²) in [5.41, 5.74) is 0.270. The van der Waals surface area contributed by atoms with E-state index in [-0.39, 0.29) is 23.7 Å². The van der Waals surface area contributed by atoms with E-state index in [1.54, 1.807) is 0 Å². The van der Waals surface area contributed by atoms with Gasteiger partial charge in [-0.15, -0.1) is 0 Å². The second-order valence-corrected chi connectivity index (χ2v) is 7.94. The molecule has 0 aromatic carbocycles. The van der Waals surface area contributed by atoms with Crippen molar-refractivity contribution in [2.24, 2.45) is 29.1 Å². The standard InChI is InChI=1S/C18H36F2/c1-12(2)16(19)11-17(20)14(5)9-10-15(6)18(7,8)13(3)4/h12-17H,9-11H2,1-8H3. The Hall–Kier alpha value is -0.140. The molecule has 0 saturated heterocycles. The van der Waals surface area contributed by atoms with Crippen LogP contribution in [0.4, 0.5) is 8.78 Å². The van der Waals surface area contributed by atoms with Gasteiger partial charge in [-0.3, -0.25) is 0 Å². The van der Waals surface area contributed by atoms with Crippen molar-refractivity contribution < 1.29 is 8.78 Å². The van der Waals surface area contributed by atoms with Gasteiger partial charge in [-0.1, -0.05) is 55.4 Å². The molecule has 0 saturated carbocycles. The molecule has 20 heavy (non-hydrogen) atoms. The van der Waals surface area contributed by atoms with Gasteiger partial charge in [0, 0.05) is 6.42 Å². The highest BCUT2D eigenvalue weighted by atomic mass is 19.1. The molecule has 0 nitrogen and oxygen atoms in total. The van der Waals surface area contributed by atoms with Gasteiger partial charge in [0.1, 0.15) is 12.3 Å². The molecule has 4 atom stereocenters. The molecule has 2 heteroatoms. The van der Waals surface area contributed by atoms with Crippen LogP contribution in [0.5, 0.6) is 0 Å². The topological polar surface area (TPSA) is 0 Å². The Morgan fingerprint density at radius 2 is 1.30 bits per heavy atom. The molecule has 0 radical (unpaired) electrons. The summed E-state index contributed by atoms with van der Waals surface area (Å²) < 4.78 is 27.7. The van der Waals surface area contributed by atoms with E-state index in [0.29, 0.717) is 11.8 Å². The molecular formula is C18H36F2. The summed E-state index contributed by atoms with van der Waals surface area (Å²) in [5, 5.41) is 0. The normalized spacial score (nSPS) is 19.2. The number of hydrogen-bond acceptors (Lipinski definition) is 0. The fourth-order valence-corrected chi connectivity index (χ4v) is 2.35. The van der Waals surface area contributed by atoms with E-state index in [2.05, 4.69) is 34.6 Å². The Labute approximate surface area is 125 Å². The zero-order valence-corrected chi connectivity index (χ0v) is 14.8. The van der Waals surface area contributed by atoms with Gasteiger partial charge in [-0.2, -0.15) is 0 Å². The van der Waals surface area contributed by atoms with Crippen LogP contribution in [0.3, 0.4) is 0 Å². The van der Waals surface area contributed by atoms with Crippen molar-refractivity contribution in [2.45, 2.75) is 87.0 Å². The van der Waals surface area contributed by atoms with Gasteiger partial charge in [-0.05, 0) is 41.9 Å². The van der Waals surface area contributed by atoms with Crippen LogP contribution in [0.1, 0.15) is 74.7 Å². The summed E-state index contributed by atoms with van der Waals surface area (Å²) in [5.74, 6) is 1.05. The molecule has 0 heterocycles. The van der Waals surface area contributed by atoms with Crippen molar-refractivity contribution in [1.82, 2.24) is 0 Å². The lowest BCUT2D eigenvalue weighted by Gasteiger charge is -2.36. The second-order valence-electron chi connectivity index (χ2n) is 7.94. The highest BCUT2D eigenvalue weighted by Crippen LogP contribution is 2.38. The Morgan fingerprint density at radius 3 is 1.70 bits per heavy atom. The van der Waals surface area contributed by atoms with Crippen LogP contribution in [0, 0.1) is 29.1 Å². The molecule has 0 N–H and O–H groups in total. The SMILES string of the molecule is CC(C)C(F)CC(F)C(C)CCC(C)C(C)(C)C(C)C. The monoisotopic (exact) mass is 290 g/mol. The van der Waals surface area contributed by atoms with E-state index >= 15 is 0 Å². The summed E-state index contributed by atoms with van der Waals surface area (Å²) in [4.78, 5) is 0. The van der Waals surface area contributed by atoms with Gasteiger partial charge >= 0.3 is 0 Å². The first-order chi connectivity index (χ1) is 9.00. The lowest BCUT2D eigenvalue weighted by Crippen LogP contribution is -2.29. The molecule has 0 amide bonds. The van der Waals surface area contributed by atoms with Crippen LogP contribution in [0.2, 0.25) is 0 Å². The van der Waals surface area contributed by atoms with Crippen LogP contribution >= 0.6 is 0 Å². The molecule has 0 aliphatic heterocycles. The van der Waals surface area contributed by atoms with Crippen LogP contribution in [0.15, 0.2) is 0 Å². The summed E-state index contributed by atoms with van der Waals surface area (Å²) in [6.45, 7) is 16.9. The van der Waals surface area contributed by atoms with E-state index in [1.165, 1.54) is 0 Å². The molecule has 0 rings (SSSR count). The van der Waals surface area contributed by atoms with E-state index in [0.717, 1.165) is 12.8 Å². The number of halogens is 2. The van der Waals surface area contributed by atoms with Gasteiger partial charge in [0.15, 0.2) is 0 Å². The maximum Gasteiger partial charge on any atom is 0.105 e. The van der Waals surface area contributed by atoms with Gasteiger partial charge in [0.2, 0.25) is 0 Å². The molecule has 0 spiro atoms. The average molecular weight is 290 g/mol. The van der Waals surface area contributed by atoms with Crippen LogP contribution < -0.4 is 0 Å². The predicted octanol–water partition coefficient (Wildman–Crippen LogP) is 6.44. The Morgan fingerprint density at radius 1 is 0.800 bits per heavy atom. The van der Waals surface area contributed by atoms with E-state index < -0.39 is 12.3 Å². The average Bonchev–Trinajstić information content (AvgIpc) is 2.34. The maximum absolute atomic E-state index is 14.1. The Balaban J connectivity index is 4.25. The van der Waals surface area contributed by atoms with Crippen molar-refractivity contribution in [3.8, 4) is 0 Å². The fourth-order valence-electron chi connectivity index (χ4n) is 2.35. The summed E-state index contributed by atoms with van der Waals surface area (Å²) >= 11 is 0. The van der Waals surface area contributed by atoms with Crippen LogP contribution in [-0.4, -0.2) is 12.3 Å². The lowest BCUT2D eigenvalue weighted by molar-refractivity contribution is 0.111. The van der Waals surface area contributed by atoms with Crippen molar-refractivity contribution in [2.75, 3.05) is 0 Å². The summed E-state index contributed by atoms with van der Waals surface area (Å²) in [7, 11) is 0. The molecule has 4 unspecified atom stereocenters. The maximum atomic E-state index is 14.1. The molecule has 0 aliphatic rings. The number of rotatable bonds is 9. The summed E-state index contributed by atoms with van der Waals surface area (Å²) in [6, 6.07) is 0. The molecular weight excluding hydrogens is 254 g/mol. The van der Waals surface area contributed by atoms with Crippen molar-refractivity contribution in [1.29, 1.82) is 0 Å². The molecule has 0 aromatic heterocycles. The minimum Gasteiger partial charge on any atom is -0.247 e. The van der Waals surface area contributed by atoms with Gasteiger partial charge in [0.05, 0.1) is 0 Å². The molecule has 0 aromatic rings. The largest absolute Gasteiger partial charge is 0.247 e. The smallest absolute Gasteiger partial charge is 0.105 e. The Bertz CT molecular complexity index is 258. The minimum absolute atomic E-state index is 0.0441. The van der Waals surface area contributed by atoms with E-state index in [4.69, 9.17) is 0 Å². The van der Waals surface area contributed by atoms with Gasteiger partial charge in [-0.25, -0.2) is 8.78 Å². The highest BCUT2D eigenvalue weighted by Gasteiger charge is 2.30. The summed E-state index contributed by atoms with van der Waals surface area (Å²) in [6.07, 6.45) is -0.103. The third kappa shape index (κ3) is 6.10. The van der Waals surface area contributed by atoms with Crippen molar-refractivity contribution in [3.05, 3.63) is 0 Å². The van der Waals surface area contributed by atoms with E-state index in [1.807, 2.05) is 20.8 Å². The molecule has 0 bridgehead atoms. The van der Waals surface area contributed by atoms with Crippen molar-refractivity contribution >= 4 is 0 Å². The zero-order chi connectivity index (χ0) is 16.1. The number of hydrogen-bond donors (Lipinski definition) is 0. The fraction of sp³-hybridized carbons (Fsp3) is 1.00. The third-order valence-corrected chi connectivity index (χ3v) is 5.60. The Kier molecular flexibility index (Phi) is 8.28. The number of alkyl halides is 2. The first-order valence-electron chi connectivity index (χ1n) is 8.28. The third-order valence-electron chi connectivity index (χ3n) is 5.60. The van der Waals surface area contributed by atoms with Gasteiger partial charge in [0.25, 0.3) is 0 Å². The first-order valence-corrected chi connectivity index (χ1v) is 8.28. The predicted molar refractivity (Wildman–Crippen MR) is 85.4 cm³/mol.